The maximum absolute atomic E-state index is 4.85. The van der Waals surface area contributed by atoms with Gasteiger partial charge in [-0.1, -0.05) is 75.4 Å². The van der Waals surface area contributed by atoms with Gasteiger partial charge in [0.1, 0.15) is 11.6 Å². The van der Waals surface area contributed by atoms with Gasteiger partial charge in [-0.15, -0.1) is 0 Å². The highest BCUT2D eigenvalue weighted by molar-refractivity contribution is 5.90. The molecule has 0 radical (unpaired) electrons. The molecule has 0 saturated heterocycles. The Morgan fingerprint density at radius 2 is 1.46 bits per heavy atom. The molecule has 26 heavy (non-hydrogen) atoms. The first-order valence-electron chi connectivity index (χ1n) is 9.00. The van der Waals surface area contributed by atoms with Crippen LogP contribution < -0.4 is 5.32 Å². The Morgan fingerprint density at radius 1 is 0.769 bits per heavy atom. The fourth-order valence-electron chi connectivity index (χ4n) is 3.17. The lowest BCUT2D eigenvalue weighted by atomic mass is 9.95. The summed E-state index contributed by atoms with van der Waals surface area (Å²) in [5.74, 6) is 1.75. The average molecular weight is 341 g/mol. The van der Waals surface area contributed by atoms with E-state index in [0.29, 0.717) is 0 Å². The summed E-state index contributed by atoms with van der Waals surface area (Å²) < 4.78 is 0. The van der Waals surface area contributed by atoms with E-state index < -0.39 is 0 Å². The van der Waals surface area contributed by atoms with Crippen molar-refractivity contribution in [2.75, 3.05) is 5.32 Å². The van der Waals surface area contributed by atoms with E-state index in [4.69, 9.17) is 9.97 Å². The van der Waals surface area contributed by atoms with E-state index in [-0.39, 0.29) is 5.41 Å². The van der Waals surface area contributed by atoms with Crippen molar-refractivity contribution in [3.05, 3.63) is 78.1 Å². The third-order valence-corrected chi connectivity index (χ3v) is 4.60. The standard InChI is InChI=1S/C23H23N3/c1-23(2,3)22-25-20-14-7-6-13-19(20)21(26-22)24-15-17-11-8-10-16-9-4-5-12-18(16)17/h4-14H,15H2,1-3H3,(H,24,25,26). The topological polar surface area (TPSA) is 37.8 Å². The number of aromatic nitrogens is 2. The summed E-state index contributed by atoms with van der Waals surface area (Å²) in [5.41, 5.74) is 2.15. The van der Waals surface area contributed by atoms with Gasteiger partial charge in [-0.2, -0.15) is 0 Å². The van der Waals surface area contributed by atoms with Crippen LogP contribution in [0.1, 0.15) is 32.2 Å². The van der Waals surface area contributed by atoms with Gasteiger partial charge in [0.05, 0.1) is 5.52 Å². The van der Waals surface area contributed by atoms with Gasteiger partial charge < -0.3 is 5.32 Å². The molecule has 0 aliphatic heterocycles. The molecule has 0 fully saturated rings. The van der Waals surface area contributed by atoms with Gasteiger partial charge in [0.15, 0.2) is 0 Å². The number of hydrogen-bond acceptors (Lipinski definition) is 3. The van der Waals surface area contributed by atoms with E-state index in [9.17, 15) is 0 Å². The quantitative estimate of drug-likeness (QED) is 0.520. The van der Waals surface area contributed by atoms with Crippen molar-refractivity contribution in [1.82, 2.24) is 9.97 Å². The molecule has 0 saturated carbocycles. The second-order valence-corrected chi connectivity index (χ2v) is 7.65. The highest BCUT2D eigenvalue weighted by Gasteiger charge is 2.19. The van der Waals surface area contributed by atoms with E-state index in [1.54, 1.807) is 0 Å². The predicted octanol–water partition coefficient (Wildman–Crippen LogP) is 5.69. The minimum atomic E-state index is -0.0973. The van der Waals surface area contributed by atoms with Gasteiger partial charge in [-0.25, -0.2) is 9.97 Å². The van der Waals surface area contributed by atoms with Crippen molar-refractivity contribution < 1.29 is 0 Å². The fourth-order valence-corrected chi connectivity index (χ4v) is 3.17. The second-order valence-electron chi connectivity index (χ2n) is 7.65. The van der Waals surface area contributed by atoms with Crippen molar-refractivity contribution in [2.45, 2.75) is 32.7 Å². The summed E-state index contributed by atoms with van der Waals surface area (Å²) in [6, 6.07) is 23.1. The number of benzene rings is 3. The molecule has 0 aliphatic rings. The van der Waals surface area contributed by atoms with Crippen molar-refractivity contribution in [3.63, 3.8) is 0 Å². The van der Waals surface area contributed by atoms with Gasteiger partial charge in [0, 0.05) is 17.3 Å². The van der Waals surface area contributed by atoms with E-state index in [2.05, 4.69) is 80.7 Å². The van der Waals surface area contributed by atoms with E-state index >= 15 is 0 Å². The van der Waals surface area contributed by atoms with Crippen LogP contribution in [-0.2, 0) is 12.0 Å². The fraction of sp³-hybridized carbons (Fsp3) is 0.217. The van der Waals surface area contributed by atoms with Crippen LogP contribution >= 0.6 is 0 Å². The molecule has 4 rings (SSSR count). The minimum absolute atomic E-state index is 0.0973. The van der Waals surface area contributed by atoms with Gasteiger partial charge in [-0.3, -0.25) is 0 Å². The molecule has 3 nitrogen and oxygen atoms in total. The molecular weight excluding hydrogens is 318 g/mol. The van der Waals surface area contributed by atoms with Crippen LogP contribution in [0.4, 0.5) is 5.82 Å². The predicted molar refractivity (Wildman–Crippen MR) is 110 cm³/mol. The summed E-state index contributed by atoms with van der Waals surface area (Å²) >= 11 is 0. The lowest BCUT2D eigenvalue weighted by molar-refractivity contribution is 0.549. The van der Waals surface area contributed by atoms with E-state index in [1.165, 1.54) is 16.3 Å². The number of hydrogen-bond donors (Lipinski definition) is 1. The maximum Gasteiger partial charge on any atom is 0.137 e. The molecular formula is C23H23N3. The van der Waals surface area contributed by atoms with Crippen molar-refractivity contribution in [2.24, 2.45) is 0 Å². The number of anilines is 1. The Hall–Kier alpha value is -2.94. The number of para-hydroxylation sites is 1. The van der Waals surface area contributed by atoms with Crippen LogP contribution in [0.15, 0.2) is 66.7 Å². The Kier molecular flexibility index (Phi) is 4.08. The molecule has 1 N–H and O–H groups in total. The Labute approximate surface area is 154 Å². The summed E-state index contributed by atoms with van der Waals surface area (Å²) in [5, 5.41) is 7.15. The molecule has 0 bridgehead atoms. The number of fused-ring (bicyclic) bond motifs is 2. The summed E-state index contributed by atoms with van der Waals surface area (Å²) in [6.45, 7) is 7.16. The van der Waals surface area contributed by atoms with Gasteiger partial charge in [-0.05, 0) is 28.5 Å². The smallest absolute Gasteiger partial charge is 0.137 e. The van der Waals surface area contributed by atoms with Gasteiger partial charge in [0.2, 0.25) is 0 Å². The minimum Gasteiger partial charge on any atom is -0.365 e. The first-order chi connectivity index (χ1) is 12.5. The van der Waals surface area contributed by atoms with E-state index in [1.807, 2.05) is 12.1 Å². The zero-order valence-electron chi connectivity index (χ0n) is 15.5. The Balaban J connectivity index is 1.75. The first kappa shape index (κ1) is 16.5. The molecule has 3 aromatic carbocycles. The lowest BCUT2D eigenvalue weighted by Gasteiger charge is -2.19. The molecule has 0 spiro atoms. The third kappa shape index (κ3) is 3.13. The van der Waals surface area contributed by atoms with Crippen molar-refractivity contribution >= 4 is 27.5 Å². The zero-order valence-corrected chi connectivity index (χ0v) is 15.5. The molecule has 0 unspecified atom stereocenters. The van der Waals surface area contributed by atoms with Crippen molar-refractivity contribution in [3.8, 4) is 0 Å². The van der Waals surface area contributed by atoms with Crippen LogP contribution in [0.25, 0.3) is 21.7 Å². The summed E-state index contributed by atoms with van der Waals surface area (Å²) in [4.78, 5) is 9.61. The molecule has 4 aromatic rings. The molecule has 1 aromatic heterocycles. The Bertz CT molecular complexity index is 1070. The van der Waals surface area contributed by atoms with Crippen molar-refractivity contribution in [1.29, 1.82) is 0 Å². The largest absolute Gasteiger partial charge is 0.365 e. The second kappa shape index (κ2) is 6.41. The number of nitrogens with one attached hydrogen (secondary N) is 1. The molecule has 1 heterocycles. The zero-order chi connectivity index (χ0) is 18.1. The lowest BCUT2D eigenvalue weighted by Crippen LogP contribution is -2.17. The Morgan fingerprint density at radius 3 is 2.27 bits per heavy atom. The number of rotatable bonds is 3. The van der Waals surface area contributed by atoms with Crippen LogP contribution in [0.5, 0.6) is 0 Å². The van der Waals surface area contributed by atoms with Crippen LogP contribution in [0.3, 0.4) is 0 Å². The third-order valence-electron chi connectivity index (χ3n) is 4.60. The van der Waals surface area contributed by atoms with E-state index in [0.717, 1.165) is 29.1 Å². The number of nitrogens with zero attached hydrogens (tertiary/aromatic N) is 2. The maximum atomic E-state index is 4.85. The van der Waals surface area contributed by atoms with Crippen LogP contribution in [0.2, 0.25) is 0 Å². The SMILES string of the molecule is CC(C)(C)c1nc(NCc2cccc3ccccc23)c2ccccc2n1. The first-order valence-corrected chi connectivity index (χ1v) is 9.00. The summed E-state index contributed by atoms with van der Waals surface area (Å²) in [7, 11) is 0. The van der Waals surface area contributed by atoms with Gasteiger partial charge in [0.25, 0.3) is 0 Å². The van der Waals surface area contributed by atoms with Crippen LogP contribution in [0, 0.1) is 0 Å². The van der Waals surface area contributed by atoms with Gasteiger partial charge >= 0.3 is 0 Å². The normalized spacial score (nSPS) is 11.8. The molecule has 130 valence electrons. The van der Waals surface area contributed by atoms with Crippen LogP contribution in [-0.4, -0.2) is 9.97 Å². The highest BCUT2D eigenvalue weighted by Crippen LogP contribution is 2.27. The molecule has 0 amide bonds. The molecule has 0 atom stereocenters. The average Bonchev–Trinajstić information content (AvgIpc) is 2.65. The molecule has 0 aliphatic carbocycles. The monoisotopic (exact) mass is 341 g/mol. The summed E-state index contributed by atoms with van der Waals surface area (Å²) in [6.07, 6.45) is 0. The highest BCUT2D eigenvalue weighted by atomic mass is 15.0. The molecule has 3 heteroatoms.